The van der Waals surface area contributed by atoms with E-state index in [2.05, 4.69) is 10.2 Å². The van der Waals surface area contributed by atoms with E-state index in [0.717, 1.165) is 6.04 Å². The molecule has 3 heteroatoms. The topological polar surface area (TPSA) is 24.5 Å². The first-order valence-corrected chi connectivity index (χ1v) is 5.52. The summed E-state index contributed by atoms with van der Waals surface area (Å²) in [5, 5.41) is 3.42. The molecule has 0 amide bonds. The first-order valence-electron chi connectivity index (χ1n) is 5.52. The van der Waals surface area contributed by atoms with Gasteiger partial charge in [-0.2, -0.15) is 0 Å². The Kier molecular flexibility index (Phi) is 2.04. The summed E-state index contributed by atoms with van der Waals surface area (Å²) in [6.07, 6.45) is 5.14. The highest BCUT2D eigenvalue weighted by atomic mass is 16.5. The Bertz CT molecular complexity index is 175. The third kappa shape index (κ3) is 1.49. The van der Waals surface area contributed by atoms with Crippen LogP contribution in [0.1, 0.15) is 19.3 Å². The van der Waals surface area contributed by atoms with Gasteiger partial charge in [0.25, 0.3) is 0 Å². The summed E-state index contributed by atoms with van der Waals surface area (Å²) in [4.78, 5) is 2.66. The van der Waals surface area contributed by atoms with Crippen LogP contribution in [-0.4, -0.2) is 49.3 Å². The van der Waals surface area contributed by atoms with Gasteiger partial charge < -0.3 is 10.1 Å². The van der Waals surface area contributed by atoms with Crippen LogP contribution < -0.4 is 5.32 Å². The van der Waals surface area contributed by atoms with Crippen LogP contribution in [0.2, 0.25) is 0 Å². The van der Waals surface area contributed by atoms with Gasteiger partial charge in [0.2, 0.25) is 0 Å². The normalized spacial score (nSPS) is 41.5. The largest absolute Gasteiger partial charge is 0.372 e. The van der Waals surface area contributed by atoms with Gasteiger partial charge in [0, 0.05) is 25.6 Å². The van der Waals surface area contributed by atoms with Crippen LogP contribution in [0.3, 0.4) is 0 Å². The summed E-state index contributed by atoms with van der Waals surface area (Å²) in [6.45, 7) is 4.80. The van der Waals surface area contributed by atoms with Crippen LogP contribution in [0.25, 0.3) is 0 Å². The van der Waals surface area contributed by atoms with E-state index in [-0.39, 0.29) is 0 Å². The standard InChI is InChI=1S/C10H18N2O/c1-3-11-4-2-8(1)12-6-9-5-10(7-12)13-9/h8-11H,1-7H2. The van der Waals surface area contributed by atoms with Gasteiger partial charge in [0.05, 0.1) is 12.2 Å². The molecule has 4 saturated heterocycles. The highest BCUT2D eigenvalue weighted by Crippen LogP contribution is 2.30. The first-order chi connectivity index (χ1) is 6.42. The molecule has 4 heterocycles. The predicted molar refractivity (Wildman–Crippen MR) is 50.7 cm³/mol. The van der Waals surface area contributed by atoms with Gasteiger partial charge in [-0.1, -0.05) is 0 Å². The second-order valence-corrected chi connectivity index (χ2v) is 4.55. The number of piperidine rings is 2. The zero-order valence-electron chi connectivity index (χ0n) is 8.04. The molecule has 2 atom stereocenters. The molecule has 0 aromatic carbocycles. The van der Waals surface area contributed by atoms with Crippen LogP contribution in [0.5, 0.6) is 0 Å². The Morgan fingerprint density at radius 3 is 2.31 bits per heavy atom. The fraction of sp³-hybridized carbons (Fsp3) is 1.00. The lowest BCUT2D eigenvalue weighted by Gasteiger charge is -2.50. The monoisotopic (exact) mass is 182 g/mol. The van der Waals surface area contributed by atoms with Crippen molar-refractivity contribution in [2.24, 2.45) is 0 Å². The van der Waals surface area contributed by atoms with Gasteiger partial charge in [-0.25, -0.2) is 0 Å². The second-order valence-electron chi connectivity index (χ2n) is 4.55. The number of ether oxygens (including phenoxy) is 1. The summed E-state index contributed by atoms with van der Waals surface area (Å²) in [7, 11) is 0. The maximum Gasteiger partial charge on any atom is 0.0731 e. The molecule has 4 aliphatic heterocycles. The van der Waals surface area contributed by atoms with Crippen molar-refractivity contribution in [1.82, 2.24) is 10.2 Å². The van der Waals surface area contributed by atoms with Gasteiger partial charge in [0.15, 0.2) is 0 Å². The number of nitrogens with zero attached hydrogens (tertiary/aromatic N) is 1. The molecule has 74 valence electrons. The van der Waals surface area contributed by atoms with E-state index in [1.54, 1.807) is 0 Å². The minimum Gasteiger partial charge on any atom is -0.372 e. The summed E-state index contributed by atoms with van der Waals surface area (Å²) in [5.41, 5.74) is 0. The third-order valence-corrected chi connectivity index (χ3v) is 3.61. The average molecular weight is 182 g/mol. The van der Waals surface area contributed by atoms with Gasteiger partial charge >= 0.3 is 0 Å². The van der Waals surface area contributed by atoms with Crippen molar-refractivity contribution in [3.63, 3.8) is 0 Å². The SMILES string of the molecule is C1CC(N2CC3CC(C2)O3)CCN1. The molecule has 13 heavy (non-hydrogen) atoms. The Labute approximate surface area is 79.4 Å². The van der Waals surface area contributed by atoms with Crippen molar-refractivity contribution in [1.29, 1.82) is 0 Å². The molecular formula is C10H18N2O. The number of hydrogen-bond donors (Lipinski definition) is 1. The van der Waals surface area contributed by atoms with Gasteiger partial charge in [-0.15, -0.1) is 0 Å². The fourth-order valence-electron chi connectivity index (χ4n) is 2.86. The van der Waals surface area contributed by atoms with E-state index in [1.165, 1.54) is 45.4 Å². The van der Waals surface area contributed by atoms with Crippen LogP contribution >= 0.6 is 0 Å². The molecule has 4 rings (SSSR count). The van der Waals surface area contributed by atoms with E-state index in [4.69, 9.17) is 4.74 Å². The summed E-state index contributed by atoms with van der Waals surface area (Å²) < 4.78 is 5.64. The first kappa shape index (κ1) is 8.21. The molecule has 4 aliphatic rings. The van der Waals surface area contributed by atoms with Gasteiger partial charge in [0.1, 0.15) is 0 Å². The van der Waals surface area contributed by atoms with E-state index in [0.29, 0.717) is 12.2 Å². The van der Waals surface area contributed by atoms with Crippen molar-refractivity contribution in [3.05, 3.63) is 0 Å². The molecule has 0 spiro atoms. The lowest BCUT2D eigenvalue weighted by Crippen LogP contribution is -2.60. The van der Waals surface area contributed by atoms with Gasteiger partial charge in [-0.05, 0) is 25.9 Å². The molecule has 1 N–H and O–H groups in total. The highest BCUT2D eigenvalue weighted by molar-refractivity contribution is 4.92. The van der Waals surface area contributed by atoms with E-state index in [9.17, 15) is 0 Å². The molecule has 0 saturated carbocycles. The zero-order chi connectivity index (χ0) is 8.67. The number of rotatable bonds is 1. The second kappa shape index (κ2) is 3.23. The van der Waals surface area contributed by atoms with Crippen molar-refractivity contribution in [2.75, 3.05) is 26.2 Å². The van der Waals surface area contributed by atoms with E-state index >= 15 is 0 Å². The third-order valence-electron chi connectivity index (χ3n) is 3.61. The van der Waals surface area contributed by atoms with Crippen LogP contribution in [0.4, 0.5) is 0 Å². The Hall–Kier alpha value is -0.120. The molecule has 4 fully saturated rings. The molecule has 2 unspecified atom stereocenters. The Morgan fingerprint density at radius 2 is 1.69 bits per heavy atom. The quantitative estimate of drug-likeness (QED) is 0.627. The van der Waals surface area contributed by atoms with Crippen molar-refractivity contribution < 1.29 is 4.74 Å². The predicted octanol–water partition coefficient (Wildman–Crippen LogP) is 0.211. The average Bonchev–Trinajstić information content (AvgIpc) is 2.18. The fourth-order valence-corrected chi connectivity index (χ4v) is 2.86. The smallest absolute Gasteiger partial charge is 0.0731 e. The Morgan fingerprint density at radius 1 is 1.08 bits per heavy atom. The van der Waals surface area contributed by atoms with Crippen molar-refractivity contribution in [2.45, 2.75) is 37.5 Å². The molecule has 0 radical (unpaired) electrons. The molecule has 0 aliphatic carbocycles. The molecule has 2 bridgehead atoms. The molecule has 0 aromatic heterocycles. The van der Waals surface area contributed by atoms with Crippen LogP contribution in [0.15, 0.2) is 0 Å². The molecule has 3 nitrogen and oxygen atoms in total. The summed E-state index contributed by atoms with van der Waals surface area (Å²) in [5.74, 6) is 0. The van der Waals surface area contributed by atoms with Crippen molar-refractivity contribution >= 4 is 0 Å². The van der Waals surface area contributed by atoms with Gasteiger partial charge in [-0.3, -0.25) is 4.90 Å². The maximum absolute atomic E-state index is 5.64. The zero-order valence-corrected chi connectivity index (χ0v) is 8.04. The van der Waals surface area contributed by atoms with Crippen LogP contribution in [0, 0.1) is 0 Å². The minimum atomic E-state index is 0.577. The maximum atomic E-state index is 5.64. The van der Waals surface area contributed by atoms with E-state index in [1.807, 2.05) is 0 Å². The number of fused-ring (bicyclic) bond motifs is 2. The summed E-state index contributed by atoms with van der Waals surface area (Å²) in [6, 6.07) is 0.843. The number of hydrogen-bond acceptors (Lipinski definition) is 3. The molecular weight excluding hydrogens is 164 g/mol. The lowest BCUT2D eigenvalue weighted by atomic mass is 9.94. The van der Waals surface area contributed by atoms with Crippen LogP contribution in [-0.2, 0) is 4.74 Å². The lowest BCUT2D eigenvalue weighted by molar-refractivity contribution is -0.189. The summed E-state index contributed by atoms with van der Waals surface area (Å²) >= 11 is 0. The molecule has 0 aromatic rings. The number of morpholine rings is 1. The number of nitrogens with one attached hydrogen (secondary N) is 1. The Balaban J connectivity index is 1.58. The van der Waals surface area contributed by atoms with E-state index < -0.39 is 0 Å². The minimum absolute atomic E-state index is 0.577. The van der Waals surface area contributed by atoms with Crippen molar-refractivity contribution in [3.8, 4) is 0 Å². The highest BCUT2D eigenvalue weighted by Gasteiger charge is 2.40.